The van der Waals surface area contributed by atoms with Gasteiger partial charge in [-0.15, -0.1) is 0 Å². The van der Waals surface area contributed by atoms with Crippen molar-refractivity contribution < 1.29 is 0 Å². The van der Waals surface area contributed by atoms with Gasteiger partial charge in [-0.3, -0.25) is 0 Å². The molecule has 0 aromatic heterocycles. The van der Waals surface area contributed by atoms with E-state index >= 15 is 0 Å². The van der Waals surface area contributed by atoms with Crippen LogP contribution in [0.2, 0.25) is 0 Å². The summed E-state index contributed by atoms with van der Waals surface area (Å²) in [6.45, 7) is 6.93. The molecule has 0 unspecified atom stereocenters. The fourth-order valence-corrected chi connectivity index (χ4v) is 4.43. The lowest BCUT2D eigenvalue weighted by molar-refractivity contribution is 0.276. The molecule has 3 rings (SSSR count). The SMILES string of the molecule is CCC1CCN(c2ccc(C3(N)CCC(N)CC3)c(C)c2)CC1. The minimum atomic E-state index is -0.173. The quantitative estimate of drug-likeness (QED) is 0.894. The van der Waals surface area contributed by atoms with Crippen LogP contribution in [-0.2, 0) is 5.54 Å². The van der Waals surface area contributed by atoms with Gasteiger partial charge in [0, 0.05) is 30.4 Å². The second kappa shape index (κ2) is 6.82. The van der Waals surface area contributed by atoms with Gasteiger partial charge in [-0.2, -0.15) is 0 Å². The molecule has 1 aromatic rings. The first-order valence-electron chi connectivity index (χ1n) is 9.42. The molecule has 3 heteroatoms. The van der Waals surface area contributed by atoms with E-state index in [1.54, 1.807) is 0 Å². The minimum absolute atomic E-state index is 0.173. The summed E-state index contributed by atoms with van der Waals surface area (Å²) in [5.74, 6) is 0.922. The Kier molecular flexibility index (Phi) is 4.98. The van der Waals surface area contributed by atoms with Crippen molar-refractivity contribution in [3.63, 3.8) is 0 Å². The van der Waals surface area contributed by atoms with Crippen molar-refractivity contribution in [1.82, 2.24) is 0 Å². The van der Waals surface area contributed by atoms with Crippen LogP contribution in [0.1, 0.15) is 63.0 Å². The average Bonchev–Trinajstić information content (AvgIpc) is 2.57. The maximum Gasteiger partial charge on any atom is 0.0413 e. The molecule has 1 aromatic carbocycles. The second-order valence-corrected chi connectivity index (χ2v) is 7.83. The fraction of sp³-hybridized carbons (Fsp3) is 0.700. The summed E-state index contributed by atoms with van der Waals surface area (Å²) in [6, 6.07) is 7.27. The third-order valence-corrected chi connectivity index (χ3v) is 6.23. The summed E-state index contributed by atoms with van der Waals surface area (Å²) >= 11 is 0. The topological polar surface area (TPSA) is 55.3 Å². The second-order valence-electron chi connectivity index (χ2n) is 7.83. The molecule has 1 heterocycles. The maximum atomic E-state index is 6.74. The van der Waals surface area contributed by atoms with Crippen molar-refractivity contribution in [1.29, 1.82) is 0 Å². The van der Waals surface area contributed by atoms with E-state index in [1.807, 2.05) is 0 Å². The van der Waals surface area contributed by atoms with Gasteiger partial charge < -0.3 is 16.4 Å². The lowest BCUT2D eigenvalue weighted by Gasteiger charge is -2.38. The lowest BCUT2D eigenvalue weighted by atomic mass is 9.74. The van der Waals surface area contributed by atoms with E-state index in [4.69, 9.17) is 11.5 Å². The molecular weight excluding hydrogens is 282 g/mol. The average molecular weight is 316 g/mol. The molecule has 0 spiro atoms. The first kappa shape index (κ1) is 16.8. The molecule has 4 N–H and O–H groups in total. The highest BCUT2D eigenvalue weighted by molar-refractivity contribution is 5.52. The first-order chi connectivity index (χ1) is 11.0. The number of anilines is 1. The normalized spacial score (nSPS) is 29.7. The van der Waals surface area contributed by atoms with Crippen molar-refractivity contribution in [3.05, 3.63) is 29.3 Å². The molecule has 1 saturated carbocycles. The summed E-state index contributed by atoms with van der Waals surface area (Å²) in [7, 11) is 0. The van der Waals surface area contributed by atoms with Crippen molar-refractivity contribution in [2.75, 3.05) is 18.0 Å². The van der Waals surface area contributed by atoms with Crippen LogP contribution in [0.4, 0.5) is 5.69 Å². The standard InChI is InChI=1S/C20H33N3/c1-3-16-8-12-23(13-9-16)18-4-5-19(15(2)14-18)20(22)10-6-17(21)7-11-20/h4-5,14,16-17H,3,6-13,21-22H2,1-2H3. The van der Waals surface area contributed by atoms with Crippen molar-refractivity contribution >= 4 is 5.69 Å². The predicted octanol–water partition coefficient (Wildman–Crippen LogP) is 3.68. The van der Waals surface area contributed by atoms with Gasteiger partial charge in [0.05, 0.1) is 0 Å². The van der Waals surface area contributed by atoms with Gasteiger partial charge in [-0.05, 0) is 74.6 Å². The summed E-state index contributed by atoms with van der Waals surface area (Å²) in [5, 5.41) is 0. The maximum absolute atomic E-state index is 6.74. The monoisotopic (exact) mass is 315 g/mol. The molecule has 1 aliphatic heterocycles. The van der Waals surface area contributed by atoms with Gasteiger partial charge in [-0.1, -0.05) is 19.4 Å². The number of rotatable bonds is 3. The Bertz CT molecular complexity index is 524. The van der Waals surface area contributed by atoms with Crippen LogP contribution in [0.15, 0.2) is 18.2 Å². The Morgan fingerprint density at radius 2 is 1.78 bits per heavy atom. The van der Waals surface area contributed by atoms with E-state index in [1.165, 1.54) is 49.2 Å². The van der Waals surface area contributed by atoms with Gasteiger partial charge in [0.25, 0.3) is 0 Å². The molecular formula is C20H33N3. The molecule has 0 amide bonds. The zero-order chi connectivity index (χ0) is 16.4. The highest BCUT2D eigenvalue weighted by Crippen LogP contribution is 2.37. The molecule has 0 bridgehead atoms. The van der Waals surface area contributed by atoms with E-state index in [0.29, 0.717) is 6.04 Å². The Morgan fingerprint density at radius 3 is 2.35 bits per heavy atom. The third kappa shape index (κ3) is 3.56. The molecule has 0 atom stereocenters. The van der Waals surface area contributed by atoms with E-state index in [0.717, 1.165) is 31.6 Å². The van der Waals surface area contributed by atoms with Crippen molar-refractivity contribution in [2.24, 2.45) is 17.4 Å². The number of nitrogens with two attached hydrogens (primary N) is 2. The summed E-state index contributed by atoms with van der Waals surface area (Å²) in [4.78, 5) is 2.54. The van der Waals surface area contributed by atoms with Crippen LogP contribution in [0.25, 0.3) is 0 Å². The van der Waals surface area contributed by atoms with Crippen LogP contribution < -0.4 is 16.4 Å². The molecule has 0 radical (unpaired) electrons. The number of aryl methyl sites for hydroxylation is 1. The van der Waals surface area contributed by atoms with Crippen LogP contribution in [0.5, 0.6) is 0 Å². The summed E-state index contributed by atoms with van der Waals surface area (Å²) < 4.78 is 0. The zero-order valence-electron chi connectivity index (χ0n) is 14.9. The Hall–Kier alpha value is -1.06. The van der Waals surface area contributed by atoms with Crippen LogP contribution in [-0.4, -0.2) is 19.1 Å². The molecule has 3 nitrogen and oxygen atoms in total. The molecule has 23 heavy (non-hydrogen) atoms. The smallest absolute Gasteiger partial charge is 0.0413 e. The molecule has 2 aliphatic rings. The highest BCUT2D eigenvalue weighted by Gasteiger charge is 2.33. The Morgan fingerprint density at radius 1 is 1.13 bits per heavy atom. The molecule has 2 fully saturated rings. The van der Waals surface area contributed by atoms with E-state index in [9.17, 15) is 0 Å². The zero-order valence-corrected chi connectivity index (χ0v) is 14.9. The predicted molar refractivity (Wildman–Crippen MR) is 98.7 cm³/mol. The van der Waals surface area contributed by atoms with Crippen LogP contribution in [0, 0.1) is 12.8 Å². The van der Waals surface area contributed by atoms with Gasteiger partial charge >= 0.3 is 0 Å². The Balaban J connectivity index is 1.73. The fourth-order valence-electron chi connectivity index (χ4n) is 4.43. The van der Waals surface area contributed by atoms with Crippen molar-refractivity contribution in [2.45, 2.75) is 70.4 Å². The summed E-state index contributed by atoms with van der Waals surface area (Å²) in [5.41, 5.74) is 16.7. The van der Waals surface area contributed by atoms with E-state index in [2.05, 4.69) is 36.9 Å². The number of hydrogen-bond donors (Lipinski definition) is 2. The van der Waals surface area contributed by atoms with Crippen LogP contribution in [0.3, 0.4) is 0 Å². The van der Waals surface area contributed by atoms with Gasteiger partial charge in [-0.25, -0.2) is 0 Å². The highest BCUT2D eigenvalue weighted by atomic mass is 15.1. The van der Waals surface area contributed by atoms with E-state index in [-0.39, 0.29) is 5.54 Å². The number of piperidine rings is 1. The number of hydrogen-bond acceptors (Lipinski definition) is 3. The van der Waals surface area contributed by atoms with Gasteiger partial charge in [0.1, 0.15) is 0 Å². The lowest BCUT2D eigenvalue weighted by Crippen LogP contribution is -2.44. The van der Waals surface area contributed by atoms with Crippen LogP contribution >= 0.6 is 0 Å². The Labute approximate surface area is 141 Å². The number of benzene rings is 1. The first-order valence-corrected chi connectivity index (χ1v) is 9.42. The third-order valence-electron chi connectivity index (χ3n) is 6.23. The van der Waals surface area contributed by atoms with Crippen molar-refractivity contribution in [3.8, 4) is 0 Å². The van der Waals surface area contributed by atoms with Gasteiger partial charge in [0.2, 0.25) is 0 Å². The summed E-state index contributed by atoms with van der Waals surface area (Å²) in [6.07, 6.45) is 8.09. The number of nitrogens with zero attached hydrogens (tertiary/aromatic N) is 1. The molecule has 128 valence electrons. The minimum Gasteiger partial charge on any atom is -0.372 e. The molecule has 1 aliphatic carbocycles. The largest absolute Gasteiger partial charge is 0.372 e. The molecule has 1 saturated heterocycles. The van der Waals surface area contributed by atoms with Gasteiger partial charge in [0.15, 0.2) is 0 Å². The van der Waals surface area contributed by atoms with E-state index < -0.39 is 0 Å².